The van der Waals surface area contributed by atoms with E-state index < -0.39 is 0 Å². The van der Waals surface area contributed by atoms with E-state index in [4.69, 9.17) is 5.26 Å². The van der Waals surface area contributed by atoms with Gasteiger partial charge in [0.15, 0.2) is 0 Å². The van der Waals surface area contributed by atoms with Crippen LogP contribution >= 0.6 is 0 Å². The summed E-state index contributed by atoms with van der Waals surface area (Å²) < 4.78 is 0. The topological polar surface area (TPSA) is 59.3 Å². The van der Waals surface area contributed by atoms with E-state index in [-0.39, 0.29) is 12.0 Å². The molecule has 2 N–H and O–H groups in total. The molecular weight excluding hydrogens is 202 g/mol. The first kappa shape index (κ1) is 15.4. The van der Waals surface area contributed by atoms with Gasteiger partial charge in [-0.2, -0.15) is 5.26 Å². The first-order valence-corrected chi connectivity index (χ1v) is 6.14. The minimum atomic E-state index is -0.350. The number of aliphatic hydroxyl groups is 1. The van der Waals surface area contributed by atoms with Crippen molar-refractivity contribution >= 4 is 0 Å². The van der Waals surface area contributed by atoms with Crippen molar-refractivity contribution in [1.82, 2.24) is 10.2 Å². The Balaban J connectivity index is 3.79. The molecule has 0 radical (unpaired) electrons. The lowest BCUT2D eigenvalue weighted by Crippen LogP contribution is -2.40. The van der Waals surface area contributed by atoms with Crippen molar-refractivity contribution in [3.8, 4) is 6.07 Å². The minimum Gasteiger partial charge on any atom is -0.390 e. The van der Waals surface area contributed by atoms with Crippen LogP contribution in [0.15, 0.2) is 0 Å². The number of hydrogen-bond donors (Lipinski definition) is 2. The largest absolute Gasteiger partial charge is 0.390 e. The van der Waals surface area contributed by atoms with Crippen molar-refractivity contribution in [1.29, 1.82) is 5.26 Å². The Morgan fingerprint density at radius 1 is 1.38 bits per heavy atom. The van der Waals surface area contributed by atoms with Gasteiger partial charge in [0, 0.05) is 19.6 Å². The van der Waals surface area contributed by atoms with Crippen LogP contribution in [0.1, 0.15) is 27.2 Å². The third kappa shape index (κ3) is 7.63. The van der Waals surface area contributed by atoms with Gasteiger partial charge >= 0.3 is 0 Å². The predicted octanol–water partition coefficient (Wildman–Crippen LogP) is 0.828. The highest BCUT2D eigenvalue weighted by molar-refractivity contribution is 4.82. The molecule has 0 aromatic rings. The van der Waals surface area contributed by atoms with E-state index >= 15 is 0 Å². The Kier molecular flexibility index (Phi) is 9.21. The second kappa shape index (κ2) is 9.59. The highest BCUT2D eigenvalue weighted by Crippen LogP contribution is 1.99. The van der Waals surface area contributed by atoms with Gasteiger partial charge in [-0.1, -0.05) is 13.8 Å². The van der Waals surface area contributed by atoms with Gasteiger partial charge in [0.25, 0.3) is 0 Å². The van der Waals surface area contributed by atoms with Crippen LogP contribution in [-0.4, -0.2) is 48.8 Å². The van der Waals surface area contributed by atoms with Crippen LogP contribution in [-0.2, 0) is 0 Å². The number of nitrogens with one attached hydrogen (secondary N) is 1. The van der Waals surface area contributed by atoms with Crippen LogP contribution in [0.4, 0.5) is 0 Å². The smallest absolute Gasteiger partial charge is 0.0791 e. The maximum absolute atomic E-state index is 9.78. The van der Waals surface area contributed by atoms with Crippen LogP contribution in [0, 0.1) is 17.2 Å². The molecule has 2 atom stereocenters. The van der Waals surface area contributed by atoms with Crippen molar-refractivity contribution in [2.45, 2.75) is 33.3 Å². The third-order valence-corrected chi connectivity index (χ3v) is 2.48. The lowest BCUT2D eigenvalue weighted by atomic mass is 10.2. The molecule has 0 bridgehead atoms. The minimum absolute atomic E-state index is 0.0238. The summed E-state index contributed by atoms with van der Waals surface area (Å²) in [5.74, 6) is 0.0238. The van der Waals surface area contributed by atoms with E-state index in [1.165, 1.54) is 0 Å². The van der Waals surface area contributed by atoms with Crippen LogP contribution in [0.2, 0.25) is 0 Å². The number of nitrogens with zero attached hydrogens (tertiary/aromatic N) is 2. The van der Waals surface area contributed by atoms with Gasteiger partial charge in [-0.3, -0.25) is 4.90 Å². The standard InChI is InChI=1S/C12H25N3O/c1-4-6-14-8-12(16)10-15(5-2)9-11(3)7-13/h11-12,14,16H,4-6,8-10H2,1-3H3. The molecule has 16 heavy (non-hydrogen) atoms. The van der Waals surface area contributed by atoms with Gasteiger partial charge in [0.2, 0.25) is 0 Å². The molecule has 0 fully saturated rings. The lowest BCUT2D eigenvalue weighted by molar-refractivity contribution is 0.110. The quantitative estimate of drug-likeness (QED) is 0.573. The summed E-state index contributed by atoms with van der Waals surface area (Å²) in [5.41, 5.74) is 0. The molecule has 0 saturated carbocycles. The molecule has 2 unspecified atom stereocenters. The van der Waals surface area contributed by atoms with Gasteiger partial charge in [-0.25, -0.2) is 0 Å². The van der Waals surface area contributed by atoms with E-state index in [9.17, 15) is 5.11 Å². The normalized spacial score (nSPS) is 14.8. The average molecular weight is 227 g/mol. The van der Waals surface area contributed by atoms with Crippen molar-refractivity contribution in [3.63, 3.8) is 0 Å². The number of hydrogen-bond acceptors (Lipinski definition) is 4. The van der Waals surface area contributed by atoms with Crippen LogP contribution < -0.4 is 5.32 Å². The van der Waals surface area contributed by atoms with Crippen molar-refractivity contribution in [2.75, 3.05) is 32.7 Å². The fourth-order valence-corrected chi connectivity index (χ4v) is 1.57. The van der Waals surface area contributed by atoms with E-state index in [1.807, 2.05) is 6.92 Å². The van der Waals surface area contributed by atoms with Crippen LogP contribution in [0.5, 0.6) is 0 Å². The average Bonchev–Trinajstić information content (AvgIpc) is 2.28. The zero-order valence-electron chi connectivity index (χ0n) is 10.7. The van der Waals surface area contributed by atoms with Crippen LogP contribution in [0.25, 0.3) is 0 Å². The summed E-state index contributed by atoms with van der Waals surface area (Å²) in [6.07, 6.45) is 0.729. The second-order valence-electron chi connectivity index (χ2n) is 4.24. The molecule has 0 aromatic carbocycles. The van der Waals surface area contributed by atoms with Gasteiger partial charge in [0.1, 0.15) is 0 Å². The summed E-state index contributed by atoms with van der Waals surface area (Å²) in [6.45, 7) is 9.88. The third-order valence-electron chi connectivity index (χ3n) is 2.48. The number of rotatable bonds is 9. The molecule has 0 amide bonds. The van der Waals surface area contributed by atoms with E-state index in [0.29, 0.717) is 13.1 Å². The number of aliphatic hydroxyl groups excluding tert-OH is 1. The van der Waals surface area contributed by atoms with Crippen LogP contribution in [0.3, 0.4) is 0 Å². The van der Waals surface area contributed by atoms with Crippen molar-refractivity contribution in [3.05, 3.63) is 0 Å². The lowest BCUT2D eigenvalue weighted by Gasteiger charge is -2.24. The number of likely N-dealkylation sites (N-methyl/N-ethyl adjacent to an activating group) is 1. The Labute approximate surface area is 99.3 Å². The Bertz CT molecular complexity index is 203. The van der Waals surface area contributed by atoms with Gasteiger partial charge in [-0.15, -0.1) is 0 Å². The maximum atomic E-state index is 9.78. The molecule has 94 valence electrons. The Morgan fingerprint density at radius 3 is 2.56 bits per heavy atom. The summed E-state index contributed by atoms with van der Waals surface area (Å²) in [7, 11) is 0. The first-order chi connectivity index (χ1) is 7.63. The molecule has 0 aliphatic carbocycles. The molecule has 0 rings (SSSR count). The van der Waals surface area contributed by atoms with Crippen molar-refractivity contribution < 1.29 is 5.11 Å². The molecule has 0 aliphatic heterocycles. The second-order valence-corrected chi connectivity index (χ2v) is 4.24. The maximum Gasteiger partial charge on any atom is 0.0791 e. The molecule has 0 aliphatic rings. The molecule has 0 spiro atoms. The first-order valence-electron chi connectivity index (χ1n) is 6.14. The van der Waals surface area contributed by atoms with Gasteiger partial charge in [0.05, 0.1) is 18.1 Å². The summed E-state index contributed by atoms with van der Waals surface area (Å²) in [5, 5.41) is 21.7. The van der Waals surface area contributed by atoms with Gasteiger partial charge in [-0.05, 0) is 26.4 Å². The van der Waals surface area contributed by atoms with Crippen molar-refractivity contribution in [2.24, 2.45) is 5.92 Å². The summed E-state index contributed by atoms with van der Waals surface area (Å²) in [6, 6.07) is 2.22. The Hall–Kier alpha value is -0.630. The van der Waals surface area contributed by atoms with Gasteiger partial charge < -0.3 is 10.4 Å². The zero-order chi connectivity index (χ0) is 12.4. The predicted molar refractivity (Wildman–Crippen MR) is 66.1 cm³/mol. The molecule has 0 heterocycles. The summed E-state index contributed by atoms with van der Waals surface area (Å²) >= 11 is 0. The molecule has 0 aromatic heterocycles. The zero-order valence-corrected chi connectivity index (χ0v) is 10.7. The molecule has 0 saturated heterocycles. The van der Waals surface area contributed by atoms with E-state index in [2.05, 4.69) is 30.1 Å². The highest BCUT2D eigenvalue weighted by atomic mass is 16.3. The molecular formula is C12H25N3O. The molecule has 4 nitrogen and oxygen atoms in total. The fraction of sp³-hybridized carbons (Fsp3) is 0.917. The van der Waals surface area contributed by atoms with E-state index in [0.717, 1.165) is 26.1 Å². The van der Waals surface area contributed by atoms with E-state index in [1.54, 1.807) is 0 Å². The SMILES string of the molecule is CCCNCC(O)CN(CC)CC(C)C#N. The Morgan fingerprint density at radius 2 is 2.06 bits per heavy atom. The summed E-state index contributed by atoms with van der Waals surface area (Å²) in [4.78, 5) is 2.12. The molecule has 4 heteroatoms. The highest BCUT2D eigenvalue weighted by Gasteiger charge is 2.12. The fourth-order valence-electron chi connectivity index (χ4n) is 1.57. The monoisotopic (exact) mass is 227 g/mol. The number of nitriles is 1.